The van der Waals surface area contributed by atoms with Gasteiger partial charge < -0.3 is 10.4 Å². The standard InChI is InChI=1S/C18H26N2O5S/c1-4-18(5-2,11-16(21)22)19-17(23)15-10-14(9-6-12(15)3)26(24,25)20-13-7-8-13/h6,9-10,13,20H,4-5,7-8,11H2,1-3H3,(H,19,23)(H,21,22). The van der Waals surface area contributed by atoms with Gasteiger partial charge in [-0.05, 0) is 50.3 Å². The van der Waals surface area contributed by atoms with Crippen LogP contribution in [0.4, 0.5) is 0 Å². The van der Waals surface area contributed by atoms with Crippen molar-refractivity contribution in [1.29, 1.82) is 0 Å². The van der Waals surface area contributed by atoms with Crippen LogP contribution in [0.25, 0.3) is 0 Å². The molecule has 8 heteroatoms. The Kier molecular flexibility index (Phi) is 6.08. The number of sulfonamides is 1. The van der Waals surface area contributed by atoms with Crippen molar-refractivity contribution in [2.75, 3.05) is 0 Å². The van der Waals surface area contributed by atoms with Crippen molar-refractivity contribution in [3.8, 4) is 0 Å². The third-order valence-electron chi connectivity index (χ3n) is 4.88. The average Bonchev–Trinajstić information content (AvgIpc) is 3.37. The SMILES string of the molecule is CCC(CC)(CC(=O)O)NC(=O)c1cc(S(=O)(=O)NC2CC2)ccc1C. The van der Waals surface area contributed by atoms with Gasteiger partial charge >= 0.3 is 5.97 Å². The molecule has 0 radical (unpaired) electrons. The third-order valence-corrected chi connectivity index (χ3v) is 6.40. The Morgan fingerprint density at radius 3 is 2.35 bits per heavy atom. The number of nitrogens with one attached hydrogen (secondary N) is 2. The Bertz CT molecular complexity index is 796. The van der Waals surface area contributed by atoms with Crippen LogP contribution in [0.5, 0.6) is 0 Å². The number of carboxylic acid groups (broad SMARTS) is 1. The molecule has 0 aromatic heterocycles. The summed E-state index contributed by atoms with van der Waals surface area (Å²) in [5.74, 6) is -1.45. The van der Waals surface area contributed by atoms with Crippen molar-refractivity contribution < 1.29 is 23.1 Å². The predicted molar refractivity (Wildman–Crippen MR) is 97.6 cm³/mol. The summed E-state index contributed by atoms with van der Waals surface area (Å²) < 4.78 is 27.4. The average molecular weight is 382 g/mol. The number of carbonyl (C=O) groups is 2. The largest absolute Gasteiger partial charge is 0.481 e. The summed E-state index contributed by atoms with van der Waals surface area (Å²) in [6.07, 6.45) is 2.38. The van der Waals surface area contributed by atoms with Crippen LogP contribution in [0, 0.1) is 6.92 Å². The number of rotatable bonds is 9. The van der Waals surface area contributed by atoms with Crippen LogP contribution in [0.3, 0.4) is 0 Å². The van der Waals surface area contributed by atoms with E-state index >= 15 is 0 Å². The van der Waals surface area contributed by atoms with Crippen molar-refractivity contribution >= 4 is 21.9 Å². The second kappa shape index (κ2) is 7.75. The van der Waals surface area contributed by atoms with Gasteiger partial charge in [-0.3, -0.25) is 9.59 Å². The first-order chi connectivity index (χ1) is 12.1. The van der Waals surface area contributed by atoms with E-state index in [4.69, 9.17) is 5.11 Å². The first-order valence-electron chi connectivity index (χ1n) is 8.80. The molecule has 0 heterocycles. The monoisotopic (exact) mass is 382 g/mol. The lowest BCUT2D eigenvalue weighted by Crippen LogP contribution is -2.49. The number of hydrogen-bond donors (Lipinski definition) is 3. The summed E-state index contributed by atoms with van der Waals surface area (Å²) in [7, 11) is -3.67. The zero-order chi connectivity index (χ0) is 19.5. The van der Waals surface area contributed by atoms with E-state index in [0.717, 1.165) is 12.8 Å². The molecule has 0 saturated heterocycles. The molecule has 0 bridgehead atoms. The van der Waals surface area contributed by atoms with E-state index in [1.54, 1.807) is 13.0 Å². The van der Waals surface area contributed by atoms with Crippen molar-refractivity contribution in [2.24, 2.45) is 0 Å². The summed E-state index contributed by atoms with van der Waals surface area (Å²) in [6, 6.07) is 4.39. The van der Waals surface area contributed by atoms with Crippen molar-refractivity contribution in [3.05, 3.63) is 29.3 Å². The summed E-state index contributed by atoms with van der Waals surface area (Å²) in [5, 5.41) is 12.0. The van der Waals surface area contributed by atoms with Gasteiger partial charge in [0.1, 0.15) is 0 Å². The van der Waals surface area contributed by atoms with Gasteiger partial charge in [0.25, 0.3) is 5.91 Å². The summed E-state index contributed by atoms with van der Waals surface area (Å²) >= 11 is 0. The number of benzene rings is 1. The summed E-state index contributed by atoms with van der Waals surface area (Å²) in [5.41, 5.74) is 0.000822. The normalized spacial score (nSPS) is 14.9. The Balaban J connectivity index is 2.30. The molecule has 0 spiro atoms. The fourth-order valence-electron chi connectivity index (χ4n) is 2.82. The zero-order valence-corrected chi connectivity index (χ0v) is 16.1. The predicted octanol–water partition coefficient (Wildman–Crippen LogP) is 2.20. The molecule has 1 aromatic carbocycles. The zero-order valence-electron chi connectivity index (χ0n) is 15.3. The molecule has 144 valence electrons. The van der Waals surface area contributed by atoms with Crippen LogP contribution in [0.2, 0.25) is 0 Å². The Morgan fingerprint density at radius 2 is 1.85 bits per heavy atom. The first-order valence-corrected chi connectivity index (χ1v) is 10.3. The van der Waals surface area contributed by atoms with E-state index in [0.29, 0.717) is 18.4 Å². The Labute approximate surface area is 154 Å². The lowest BCUT2D eigenvalue weighted by Gasteiger charge is -2.31. The highest BCUT2D eigenvalue weighted by Crippen LogP contribution is 2.25. The van der Waals surface area contributed by atoms with E-state index in [9.17, 15) is 18.0 Å². The molecule has 0 unspecified atom stereocenters. The number of aliphatic carboxylic acids is 1. The van der Waals surface area contributed by atoms with E-state index < -0.39 is 27.4 Å². The minimum atomic E-state index is -3.67. The summed E-state index contributed by atoms with van der Waals surface area (Å²) in [6.45, 7) is 5.36. The Hall–Kier alpha value is -1.93. The topological polar surface area (TPSA) is 113 Å². The number of carbonyl (C=O) groups excluding carboxylic acids is 1. The highest BCUT2D eigenvalue weighted by molar-refractivity contribution is 7.89. The maximum atomic E-state index is 12.8. The number of aryl methyl sites for hydroxylation is 1. The minimum absolute atomic E-state index is 0.0259. The third kappa shape index (κ3) is 4.82. The highest BCUT2D eigenvalue weighted by Gasteiger charge is 2.32. The molecule has 26 heavy (non-hydrogen) atoms. The Morgan fingerprint density at radius 1 is 1.23 bits per heavy atom. The van der Waals surface area contributed by atoms with Crippen LogP contribution >= 0.6 is 0 Å². The molecular weight excluding hydrogens is 356 g/mol. The van der Waals surface area contributed by atoms with Gasteiger partial charge in [0, 0.05) is 11.6 Å². The van der Waals surface area contributed by atoms with Crippen molar-refractivity contribution in [1.82, 2.24) is 10.0 Å². The highest BCUT2D eigenvalue weighted by atomic mass is 32.2. The van der Waals surface area contributed by atoms with Gasteiger partial charge in [-0.25, -0.2) is 13.1 Å². The van der Waals surface area contributed by atoms with Gasteiger partial charge in [-0.2, -0.15) is 0 Å². The van der Waals surface area contributed by atoms with Crippen molar-refractivity contribution in [2.45, 2.75) is 69.4 Å². The van der Waals surface area contributed by atoms with Crippen LogP contribution in [0.1, 0.15) is 61.9 Å². The molecule has 1 saturated carbocycles. The molecule has 0 aliphatic heterocycles. The molecule has 0 atom stereocenters. The smallest absolute Gasteiger partial charge is 0.305 e. The number of carboxylic acids is 1. The van der Waals surface area contributed by atoms with E-state index in [1.165, 1.54) is 12.1 Å². The van der Waals surface area contributed by atoms with Crippen LogP contribution < -0.4 is 10.0 Å². The molecule has 1 aliphatic rings. The van der Waals surface area contributed by atoms with Crippen LogP contribution in [-0.2, 0) is 14.8 Å². The van der Waals surface area contributed by atoms with Crippen molar-refractivity contribution in [3.63, 3.8) is 0 Å². The van der Waals surface area contributed by atoms with Gasteiger partial charge in [0.05, 0.1) is 16.9 Å². The second-order valence-corrected chi connectivity index (χ2v) is 8.60. The van der Waals surface area contributed by atoms with E-state index in [1.807, 2.05) is 13.8 Å². The lowest BCUT2D eigenvalue weighted by molar-refractivity contribution is -0.138. The van der Waals surface area contributed by atoms with Gasteiger partial charge in [-0.1, -0.05) is 19.9 Å². The van der Waals surface area contributed by atoms with Crippen LogP contribution in [0.15, 0.2) is 23.1 Å². The van der Waals surface area contributed by atoms with Gasteiger partial charge in [0.2, 0.25) is 10.0 Å². The van der Waals surface area contributed by atoms with Gasteiger partial charge in [0.15, 0.2) is 0 Å². The van der Waals surface area contributed by atoms with Gasteiger partial charge in [-0.15, -0.1) is 0 Å². The molecule has 1 aromatic rings. The number of hydrogen-bond acceptors (Lipinski definition) is 4. The molecule has 1 fully saturated rings. The fourth-order valence-corrected chi connectivity index (χ4v) is 4.15. The van der Waals surface area contributed by atoms with E-state index in [2.05, 4.69) is 10.0 Å². The second-order valence-electron chi connectivity index (χ2n) is 6.88. The first kappa shape index (κ1) is 20.4. The maximum Gasteiger partial charge on any atom is 0.305 e. The molecule has 1 aliphatic carbocycles. The van der Waals surface area contributed by atoms with E-state index in [-0.39, 0.29) is 22.9 Å². The maximum absolute atomic E-state index is 12.8. The molecule has 1 amide bonds. The summed E-state index contributed by atoms with van der Waals surface area (Å²) in [4.78, 5) is 24.0. The van der Waals surface area contributed by atoms with Crippen LogP contribution in [-0.4, -0.2) is 37.0 Å². The lowest BCUT2D eigenvalue weighted by atomic mass is 9.88. The molecule has 2 rings (SSSR count). The molecule has 7 nitrogen and oxygen atoms in total. The molecule has 3 N–H and O–H groups in total. The minimum Gasteiger partial charge on any atom is -0.481 e. The fraction of sp³-hybridized carbons (Fsp3) is 0.556. The molecular formula is C18H26N2O5S. The quantitative estimate of drug-likeness (QED) is 0.606. The number of amides is 1.